The average molecular weight is 272 g/mol. The zero-order valence-corrected chi connectivity index (χ0v) is 11.0. The van der Waals surface area contributed by atoms with Crippen LogP contribution >= 0.6 is 0 Å². The molecule has 0 fully saturated rings. The number of anilines is 1. The Kier molecular flexibility index (Phi) is 4.69. The minimum absolute atomic E-state index is 0.0524. The summed E-state index contributed by atoms with van der Waals surface area (Å²) in [6.07, 6.45) is 0. The van der Waals surface area contributed by atoms with Crippen LogP contribution in [0.3, 0.4) is 0 Å². The molecule has 3 N–H and O–H groups in total. The lowest BCUT2D eigenvalue weighted by Gasteiger charge is -2.10. The molecule has 0 aliphatic carbocycles. The molecule has 7 heteroatoms. The van der Waals surface area contributed by atoms with E-state index in [0.29, 0.717) is 12.2 Å². The molecule has 1 aromatic rings. The largest absolute Gasteiger partial charge is 0.478 e. The van der Waals surface area contributed by atoms with Gasteiger partial charge in [0.2, 0.25) is 10.0 Å². The van der Waals surface area contributed by atoms with E-state index in [1.807, 2.05) is 6.92 Å². The number of carboxylic acids is 1. The van der Waals surface area contributed by atoms with E-state index in [9.17, 15) is 13.2 Å². The molecule has 0 atom stereocenters. The molecule has 0 aliphatic heterocycles. The Morgan fingerprint density at radius 1 is 1.28 bits per heavy atom. The normalized spacial score (nSPS) is 11.2. The Morgan fingerprint density at radius 2 is 1.94 bits per heavy atom. The summed E-state index contributed by atoms with van der Waals surface area (Å²) in [5, 5.41) is 11.9. The molecular formula is C11H16N2O4S. The molecular weight excluding hydrogens is 256 g/mol. The van der Waals surface area contributed by atoms with E-state index in [1.54, 1.807) is 6.92 Å². The highest BCUT2D eigenvalue weighted by atomic mass is 32.2. The molecule has 6 nitrogen and oxygen atoms in total. The fourth-order valence-electron chi connectivity index (χ4n) is 1.49. The molecule has 0 bridgehead atoms. The van der Waals surface area contributed by atoms with Crippen LogP contribution < -0.4 is 10.0 Å². The summed E-state index contributed by atoms with van der Waals surface area (Å²) < 4.78 is 25.8. The van der Waals surface area contributed by atoms with Gasteiger partial charge in [-0.3, -0.25) is 0 Å². The lowest BCUT2D eigenvalue weighted by atomic mass is 10.2. The lowest BCUT2D eigenvalue weighted by molar-refractivity contribution is 0.0697. The van der Waals surface area contributed by atoms with E-state index in [4.69, 9.17) is 5.11 Å². The molecule has 1 rings (SSSR count). The Bertz CT molecular complexity index is 540. The number of nitrogens with one attached hydrogen (secondary N) is 2. The highest BCUT2D eigenvalue weighted by molar-refractivity contribution is 7.89. The predicted octanol–water partition coefficient (Wildman–Crippen LogP) is 1.11. The van der Waals surface area contributed by atoms with Crippen LogP contribution in [0.4, 0.5) is 5.69 Å². The molecule has 0 saturated carbocycles. The average Bonchev–Trinajstić information content (AvgIpc) is 2.29. The maximum absolute atomic E-state index is 11.8. The second kappa shape index (κ2) is 5.83. The second-order valence-corrected chi connectivity index (χ2v) is 5.31. The summed E-state index contributed by atoms with van der Waals surface area (Å²) in [6.45, 7) is 4.29. The van der Waals surface area contributed by atoms with Crippen LogP contribution in [-0.2, 0) is 10.0 Å². The van der Waals surface area contributed by atoms with Gasteiger partial charge in [-0.05, 0) is 25.1 Å². The van der Waals surface area contributed by atoms with Crippen molar-refractivity contribution >= 4 is 21.7 Å². The van der Waals surface area contributed by atoms with Gasteiger partial charge < -0.3 is 10.4 Å². The highest BCUT2D eigenvalue weighted by Gasteiger charge is 2.17. The van der Waals surface area contributed by atoms with Crippen molar-refractivity contribution in [1.82, 2.24) is 4.72 Å². The van der Waals surface area contributed by atoms with Gasteiger partial charge in [-0.25, -0.2) is 17.9 Å². The van der Waals surface area contributed by atoms with Crippen molar-refractivity contribution in [2.24, 2.45) is 0 Å². The second-order valence-electron chi connectivity index (χ2n) is 3.54. The Morgan fingerprint density at radius 3 is 2.44 bits per heavy atom. The summed E-state index contributed by atoms with van der Waals surface area (Å²) in [4.78, 5) is 11.0. The van der Waals surface area contributed by atoms with E-state index in [-0.39, 0.29) is 17.0 Å². The molecule has 0 heterocycles. The molecule has 0 amide bonds. The minimum atomic E-state index is -3.64. The third-order valence-corrected chi connectivity index (χ3v) is 3.78. The van der Waals surface area contributed by atoms with E-state index >= 15 is 0 Å². The fourth-order valence-corrected chi connectivity index (χ4v) is 2.55. The standard InChI is InChI=1S/C11H16N2O4S/c1-3-12-10-6-5-8(7-9(10)11(14)15)18(16,17)13-4-2/h5-7,12-13H,3-4H2,1-2H3,(H,14,15). The van der Waals surface area contributed by atoms with Gasteiger partial charge in [-0.15, -0.1) is 0 Å². The number of rotatable bonds is 6. The Labute approximate surface area is 106 Å². The zero-order chi connectivity index (χ0) is 13.8. The topological polar surface area (TPSA) is 95.5 Å². The molecule has 0 aromatic heterocycles. The van der Waals surface area contributed by atoms with Crippen molar-refractivity contribution in [3.05, 3.63) is 23.8 Å². The first-order valence-corrected chi connectivity index (χ1v) is 7.01. The molecule has 1 aromatic carbocycles. The van der Waals surface area contributed by atoms with E-state index < -0.39 is 16.0 Å². The Balaban J connectivity index is 3.27. The van der Waals surface area contributed by atoms with Gasteiger partial charge in [0.15, 0.2) is 0 Å². The van der Waals surface area contributed by atoms with Crippen LogP contribution in [0.5, 0.6) is 0 Å². The number of hydrogen-bond acceptors (Lipinski definition) is 4. The predicted molar refractivity (Wildman–Crippen MR) is 68.4 cm³/mol. The van der Waals surface area contributed by atoms with E-state index in [0.717, 1.165) is 6.07 Å². The van der Waals surface area contributed by atoms with Crippen molar-refractivity contribution in [3.8, 4) is 0 Å². The summed E-state index contributed by atoms with van der Waals surface area (Å²) in [6, 6.07) is 3.98. The minimum Gasteiger partial charge on any atom is -0.478 e. The van der Waals surface area contributed by atoms with Crippen LogP contribution in [0.25, 0.3) is 0 Å². The molecule has 0 saturated heterocycles. The molecule has 0 unspecified atom stereocenters. The third-order valence-electron chi connectivity index (χ3n) is 2.23. The van der Waals surface area contributed by atoms with E-state index in [2.05, 4.69) is 10.0 Å². The van der Waals surface area contributed by atoms with Gasteiger partial charge >= 0.3 is 5.97 Å². The zero-order valence-electron chi connectivity index (χ0n) is 10.2. The van der Waals surface area contributed by atoms with Gasteiger partial charge in [0.1, 0.15) is 0 Å². The molecule has 0 spiro atoms. The third kappa shape index (κ3) is 3.21. The lowest BCUT2D eigenvalue weighted by Crippen LogP contribution is -2.23. The van der Waals surface area contributed by atoms with Gasteiger partial charge in [-0.2, -0.15) is 0 Å². The first kappa shape index (κ1) is 14.5. The van der Waals surface area contributed by atoms with Crippen molar-refractivity contribution in [3.63, 3.8) is 0 Å². The summed E-state index contributed by atoms with van der Waals surface area (Å²) >= 11 is 0. The van der Waals surface area contributed by atoms with Gasteiger partial charge in [-0.1, -0.05) is 6.92 Å². The molecule has 18 heavy (non-hydrogen) atoms. The van der Waals surface area contributed by atoms with Crippen molar-refractivity contribution in [2.75, 3.05) is 18.4 Å². The van der Waals surface area contributed by atoms with Crippen LogP contribution in [0.2, 0.25) is 0 Å². The first-order valence-electron chi connectivity index (χ1n) is 5.53. The number of carboxylic acid groups (broad SMARTS) is 1. The number of carbonyl (C=O) groups is 1. The molecule has 0 radical (unpaired) electrons. The number of benzene rings is 1. The maximum atomic E-state index is 11.8. The number of sulfonamides is 1. The van der Waals surface area contributed by atoms with E-state index in [1.165, 1.54) is 12.1 Å². The van der Waals surface area contributed by atoms with Crippen LogP contribution in [-0.4, -0.2) is 32.6 Å². The Hall–Kier alpha value is -1.60. The van der Waals surface area contributed by atoms with Crippen LogP contribution in [0.1, 0.15) is 24.2 Å². The van der Waals surface area contributed by atoms with Gasteiger partial charge in [0.05, 0.1) is 10.5 Å². The monoisotopic (exact) mass is 272 g/mol. The SMILES string of the molecule is CCNc1ccc(S(=O)(=O)NCC)cc1C(=O)O. The molecule has 100 valence electrons. The quantitative estimate of drug-likeness (QED) is 0.721. The van der Waals surface area contributed by atoms with Gasteiger partial charge in [0, 0.05) is 18.8 Å². The van der Waals surface area contributed by atoms with Gasteiger partial charge in [0.25, 0.3) is 0 Å². The summed E-state index contributed by atoms with van der Waals surface area (Å²) in [5.41, 5.74) is 0.344. The number of aromatic carboxylic acids is 1. The summed E-state index contributed by atoms with van der Waals surface area (Å²) in [5.74, 6) is -1.17. The van der Waals surface area contributed by atoms with Crippen LogP contribution in [0.15, 0.2) is 23.1 Å². The maximum Gasteiger partial charge on any atom is 0.337 e. The smallest absolute Gasteiger partial charge is 0.337 e. The van der Waals surface area contributed by atoms with Crippen LogP contribution in [0, 0.1) is 0 Å². The van der Waals surface area contributed by atoms with Crippen molar-refractivity contribution in [1.29, 1.82) is 0 Å². The fraction of sp³-hybridized carbons (Fsp3) is 0.364. The summed E-state index contributed by atoms with van der Waals surface area (Å²) in [7, 11) is -3.64. The van der Waals surface area contributed by atoms with Crippen molar-refractivity contribution in [2.45, 2.75) is 18.7 Å². The van der Waals surface area contributed by atoms with Crippen molar-refractivity contribution < 1.29 is 18.3 Å². The first-order chi connectivity index (χ1) is 8.42. The highest BCUT2D eigenvalue weighted by Crippen LogP contribution is 2.20. The molecule has 0 aliphatic rings. The number of hydrogen-bond donors (Lipinski definition) is 3.